The number of nitrogens with zero attached hydrogens (tertiary/aromatic N) is 4. The minimum absolute atomic E-state index is 0.0257. The summed E-state index contributed by atoms with van der Waals surface area (Å²) in [5, 5.41) is 15.5. The number of aromatic hydroxyl groups is 1. The molecule has 234 valence electrons. The second-order valence-corrected chi connectivity index (χ2v) is 13.3. The van der Waals surface area contributed by atoms with Crippen LogP contribution >= 0.6 is 0 Å². The Balaban J connectivity index is 1.36. The quantitative estimate of drug-likeness (QED) is 0.228. The molecule has 3 aliphatic rings. The summed E-state index contributed by atoms with van der Waals surface area (Å²) in [6, 6.07) is 9.52. The van der Waals surface area contributed by atoms with Gasteiger partial charge in [0.05, 0.1) is 12.2 Å². The number of likely N-dealkylation sites (tertiary alicyclic amines) is 1. The van der Waals surface area contributed by atoms with Gasteiger partial charge in [-0.2, -0.15) is 9.97 Å². The number of phenolic OH excluding ortho intramolecular Hbond substituents is 1. The number of hydrogen-bond acceptors (Lipinski definition) is 7. The first-order chi connectivity index (χ1) is 21.7. The maximum atomic E-state index is 16.9. The van der Waals surface area contributed by atoms with Crippen molar-refractivity contribution in [1.82, 2.24) is 20.2 Å². The van der Waals surface area contributed by atoms with Gasteiger partial charge in [0.1, 0.15) is 22.9 Å². The van der Waals surface area contributed by atoms with E-state index in [0.29, 0.717) is 48.4 Å². The zero-order valence-electron chi connectivity index (χ0n) is 25.9. The van der Waals surface area contributed by atoms with Crippen LogP contribution in [0.3, 0.4) is 0 Å². The number of aromatic nitrogens is 2. The minimum atomic E-state index is -0.844. The zero-order valence-corrected chi connectivity index (χ0v) is 25.9. The summed E-state index contributed by atoms with van der Waals surface area (Å²) in [7, 11) is 0. The van der Waals surface area contributed by atoms with E-state index in [1.165, 1.54) is 31.0 Å². The maximum Gasteiger partial charge on any atom is 0.319 e. The van der Waals surface area contributed by atoms with E-state index in [9.17, 15) is 5.11 Å². The second-order valence-electron chi connectivity index (χ2n) is 13.3. The van der Waals surface area contributed by atoms with Gasteiger partial charge >= 0.3 is 6.01 Å². The lowest BCUT2D eigenvalue weighted by atomic mass is 9.92. The van der Waals surface area contributed by atoms with Crippen LogP contribution in [0, 0.1) is 29.4 Å². The number of phenols is 1. The Morgan fingerprint density at radius 2 is 1.91 bits per heavy atom. The Bertz CT molecular complexity index is 1830. The van der Waals surface area contributed by atoms with Crippen molar-refractivity contribution in [3.05, 3.63) is 53.6 Å². The third kappa shape index (κ3) is 5.55. The van der Waals surface area contributed by atoms with Crippen LogP contribution in [0.25, 0.3) is 32.8 Å². The summed E-state index contributed by atoms with van der Waals surface area (Å²) in [6.45, 7) is 9.85. The van der Waals surface area contributed by atoms with Crippen molar-refractivity contribution in [2.24, 2.45) is 5.41 Å². The van der Waals surface area contributed by atoms with Crippen molar-refractivity contribution in [3.63, 3.8) is 0 Å². The highest BCUT2D eigenvalue weighted by Gasteiger charge is 2.45. The Hall–Kier alpha value is -4.00. The molecule has 2 N–H and O–H groups in total. The molecule has 0 radical (unpaired) electrons. The molecule has 7 nitrogen and oxygen atoms in total. The first kappa shape index (κ1) is 29.7. The Morgan fingerprint density at radius 3 is 2.64 bits per heavy atom. The molecular formula is C36H39F2N5O2. The lowest BCUT2D eigenvalue weighted by molar-refractivity contribution is 0.170. The van der Waals surface area contributed by atoms with E-state index in [4.69, 9.17) is 16.1 Å². The van der Waals surface area contributed by atoms with E-state index in [0.717, 1.165) is 38.9 Å². The first-order valence-electron chi connectivity index (χ1n) is 16.0. The molecule has 0 amide bonds. The van der Waals surface area contributed by atoms with Crippen LogP contribution in [0.2, 0.25) is 0 Å². The van der Waals surface area contributed by atoms with Gasteiger partial charge in [0.2, 0.25) is 0 Å². The molecule has 1 atom stereocenters. The van der Waals surface area contributed by atoms with Gasteiger partial charge in [-0.15, -0.1) is 6.42 Å². The number of terminal acetylenes is 1. The summed E-state index contributed by atoms with van der Waals surface area (Å²) >= 11 is 0. The van der Waals surface area contributed by atoms with Gasteiger partial charge in [-0.05, 0) is 81.8 Å². The molecule has 9 heteroatoms. The molecule has 1 unspecified atom stereocenters. The Labute approximate surface area is 262 Å². The number of benzene rings is 3. The van der Waals surface area contributed by atoms with Gasteiger partial charge < -0.3 is 25.0 Å². The van der Waals surface area contributed by atoms with Gasteiger partial charge in [0, 0.05) is 59.0 Å². The summed E-state index contributed by atoms with van der Waals surface area (Å²) in [5.41, 5.74) is 0.183. The van der Waals surface area contributed by atoms with Crippen LogP contribution in [-0.2, 0) is 0 Å². The third-order valence-corrected chi connectivity index (χ3v) is 10.0. The lowest BCUT2D eigenvalue weighted by Gasteiger charge is -2.42. The van der Waals surface area contributed by atoms with Crippen molar-refractivity contribution < 1.29 is 18.6 Å². The Kier molecular flexibility index (Phi) is 7.53. The summed E-state index contributed by atoms with van der Waals surface area (Å²) in [5.74, 6) is 1.33. The van der Waals surface area contributed by atoms with Crippen LogP contribution in [0.5, 0.6) is 11.8 Å². The maximum absolute atomic E-state index is 16.9. The van der Waals surface area contributed by atoms with Crippen molar-refractivity contribution in [1.29, 1.82) is 0 Å². The first-order valence-corrected chi connectivity index (χ1v) is 16.0. The highest BCUT2D eigenvalue weighted by Crippen LogP contribution is 2.47. The number of halogens is 2. The van der Waals surface area contributed by atoms with Crippen LogP contribution in [0.1, 0.15) is 51.5 Å². The van der Waals surface area contributed by atoms with Crippen molar-refractivity contribution >= 4 is 27.5 Å². The number of fused-ring (bicyclic) bond motifs is 2. The van der Waals surface area contributed by atoms with E-state index >= 15 is 8.78 Å². The van der Waals surface area contributed by atoms with E-state index in [1.54, 1.807) is 18.2 Å². The van der Waals surface area contributed by atoms with E-state index in [-0.39, 0.29) is 44.7 Å². The molecule has 3 aromatic carbocycles. The monoisotopic (exact) mass is 611 g/mol. The van der Waals surface area contributed by atoms with E-state index < -0.39 is 11.6 Å². The molecular weight excluding hydrogens is 572 g/mol. The minimum Gasteiger partial charge on any atom is -0.508 e. The predicted molar refractivity (Wildman–Crippen MR) is 174 cm³/mol. The van der Waals surface area contributed by atoms with Crippen LogP contribution < -0.4 is 15.0 Å². The fourth-order valence-corrected chi connectivity index (χ4v) is 7.07. The van der Waals surface area contributed by atoms with Crippen LogP contribution in [0.4, 0.5) is 14.6 Å². The molecule has 4 aromatic rings. The topological polar surface area (TPSA) is 73.8 Å². The van der Waals surface area contributed by atoms with Crippen molar-refractivity contribution in [3.8, 4) is 35.2 Å². The molecule has 2 saturated heterocycles. The van der Waals surface area contributed by atoms with Crippen LogP contribution in [-0.4, -0.2) is 71.4 Å². The molecule has 1 aromatic heterocycles. The summed E-state index contributed by atoms with van der Waals surface area (Å²) in [4.78, 5) is 14.0. The molecule has 1 saturated carbocycles. The number of nitrogens with one attached hydrogen (secondary N) is 1. The average molecular weight is 612 g/mol. The largest absolute Gasteiger partial charge is 0.508 e. The number of piperazine rings is 1. The molecule has 0 bridgehead atoms. The Morgan fingerprint density at radius 1 is 1.11 bits per heavy atom. The lowest BCUT2D eigenvalue weighted by Crippen LogP contribution is -2.58. The summed E-state index contributed by atoms with van der Waals surface area (Å²) < 4.78 is 39.4. The predicted octanol–water partition coefficient (Wildman–Crippen LogP) is 6.25. The SMILES string of the molecule is C#Cc1cccc2cc(O)cc(-c3c(F)cc4c(N5CCNC(C)(CC)C5)nc(OCC5(CN6CCCC6)CC5)nc4c3F)c12. The van der Waals surface area contributed by atoms with Gasteiger partial charge in [-0.25, -0.2) is 8.78 Å². The number of rotatable bonds is 8. The molecule has 45 heavy (non-hydrogen) atoms. The second kappa shape index (κ2) is 11.4. The molecule has 2 aliphatic heterocycles. The normalized spacial score (nSPS) is 21.4. The van der Waals surface area contributed by atoms with E-state index in [1.807, 2.05) is 0 Å². The standard InChI is InChI=1S/C36H39F2N5O2/c1-4-23-9-8-10-24-17-25(44)18-26(29(23)24)30-28(37)19-27-32(31(30)38)40-34(41-33(27)43-16-13-39-35(3,5-2)20-43)45-22-36(11-12-36)21-42-14-6-7-15-42/h1,8-10,17-19,39,44H,5-7,11-16,20-22H2,2-3H3. The average Bonchev–Trinajstić information content (AvgIpc) is 3.60. The molecule has 7 rings (SSSR count). The zero-order chi connectivity index (χ0) is 31.3. The molecule has 0 spiro atoms. The number of hydrogen-bond donors (Lipinski definition) is 2. The van der Waals surface area contributed by atoms with Gasteiger partial charge in [0.25, 0.3) is 0 Å². The van der Waals surface area contributed by atoms with Crippen LogP contribution in [0.15, 0.2) is 36.4 Å². The summed E-state index contributed by atoms with van der Waals surface area (Å²) in [6.07, 6.45) is 11.3. The number of anilines is 1. The smallest absolute Gasteiger partial charge is 0.319 e. The molecule has 3 fully saturated rings. The van der Waals surface area contributed by atoms with Crippen molar-refractivity contribution in [2.45, 2.75) is 51.5 Å². The highest BCUT2D eigenvalue weighted by atomic mass is 19.1. The van der Waals surface area contributed by atoms with Gasteiger partial charge in [-0.3, -0.25) is 0 Å². The third-order valence-electron chi connectivity index (χ3n) is 10.0. The van der Waals surface area contributed by atoms with Gasteiger partial charge in [0.15, 0.2) is 5.82 Å². The molecule has 1 aliphatic carbocycles. The fraction of sp³-hybridized carbons (Fsp3) is 0.444. The molecule has 3 heterocycles. The van der Waals surface area contributed by atoms with E-state index in [2.05, 4.69) is 39.9 Å². The van der Waals surface area contributed by atoms with Gasteiger partial charge in [-0.1, -0.05) is 25.0 Å². The number of ether oxygens (including phenoxy) is 1. The van der Waals surface area contributed by atoms with Crippen molar-refractivity contribution in [2.75, 3.05) is 50.8 Å². The fourth-order valence-electron chi connectivity index (χ4n) is 7.07. The highest BCUT2D eigenvalue weighted by molar-refractivity contribution is 6.04.